The van der Waals surface area contributed by atoms with Gasteiger partial charge in [-0.05, 0) is 43.7 Å². The number of rotatable bonds is 8. The Balaban J connectivity index is 1.92. The standard InChI is InChI=1S/C19H22N2O4/c1-14(2)21(12-19(23)24)18(22)11-15-6-8-17(9-7-15)25-13-16-5-3-4-10-20-16/h3-10,14H,11-13H2,1-2H3,(H,23,24). The third kappa shape index (κ3) is 5.91. The molecule has 132 valence electrons. The topological polar surface area (TPSA) is 79.7 Å². The third-order valence-corrected chi connectivity index (χ3v) is 3.64. The minimum atomic E-state index is -1.01. The summed E-state index contributed by atoms with van der Waals surface area (Å²) in [5.74, 6) is -0.534. The first-order valence-electron chi connectivity index (χ1n) is 8.08. The highest BCUT2D eigenvalue weighted by Gasteiger charge is 2.19. The number of nitrogens with zero attached hydrogens (tertiary/aromatic N) is 2. The van der Waals surface area contributed by atoms with Gasteiger partial charge >= 0.3 is 5.97 Å². The van der Waals surface area contributed by atoms with Crippen LogP contribution in [0.2, 0.25) is 0 Å². The lowest BCUT2D eigenvalue weighted by molar-refractivity contribution is -0.145. The lowest BCUT2D eigenvalue weighted by Crippen LogP contribution is -2.41. The van der Waals surface area contributed by atoms with Crippen LogP contribution in [-0.2, 0) is 22.6 Å². The lowest BCUT2D eigenvalue weighted by atomic mass is 10.1. The van der Waals surface area contributed by atoms with E-state index in [2.05, 4.69) is 4.98 Å². The van der Waals surface area contributed by atoms with Gasteiger partial charge in [0.1, 0.15) is 18.9 Å². The molecule has 0 bridgehead atoms. The highest BCUT2D eigenvalue weighted by atomic mass is 16.5. The van der Waals surface area contributed by atoms with Crippen molar-refractivity contribution >= 4 is 11.9 Å². The van der Waals surface area contributed by atoms with Crippen LogP contribution < -0.4 is 4.74 Å². The monoisotopic (exact) mass is 342 g/mol. The van der Waals surface area contributed by atoms with Gasteiger partial charge in [0, 0.05) is 12.2 Å². The quantitative estimate of drug-likeness (QED) is 0.797. The molecule has 2 aromatic rings. The minimum absolute atomic E-state index is 0.159. The summed E-state index contributed by atoms with van der Waals surface area (Å²) in [5, 5.41) is 8.92. The number of carbonyl (C=O) groups excluding carboxylic acids is 1. The summed E-state index contributed by atoms with van der Waals surface area (Å²) in [6, 6.07) is 12.7. The van der Waals surface area contributed by atoms with Crippen molar-refractivity contribution in [2.24, 2.45) is 0 Å². The summed E-state index contributed by atoms with van der Waals surface area (Å²) in [6.45, 7) is 3.69. The summed E-state index contributed by atoms with van der Waals surface area (Å²) >= 11 is 0. The molecule has 0 radical (unpaired) electrons. The van der Waals surface area contributed by atoms with E-state index in [1.165, 1.54) is 4.90 Å². The van der Waals surface area contributed by atoms with E-state index in [0.717, 1.165) is 11.3 Å². The van der Waals surface area contributed by atoms with E-state index in [1.54, 1.807) is 32.2 Å². The summed E-state index contributed by atoms with van der Waals surface area (Å²) in [6.07, 6.45) is 1.87. The van der Waals surface area contributed by atoms with Crippen LogP contribution in [0.3, 0.4) is 0 Å². The largest absolute Gasteiger partial charge is 0.487 e. The average molecular weight is 342 g/mol. The van der Waals surface area contributed by atoms with Gasteiger partial charge in [-0.25, -0.2) is 0 Å². The zero-order valence-corrected chi connectivity index (χ0v) is 14.4. The summed E-state index contributed by atoms with van der Waals surface area (Å²) in [4.78, 5) is 28.7. The highest BCUT2D eigenvalue weighted by Crippen LogP contribution is 2.15. The lowest BCUT2D eigenvalue weighted by Gasteiger charge is -2.25. The number of carbonyl (C=O) groups is 2. The fraction of sp³-hybridized carbons (Fsp3) is 0.316. The summed E-state index contributed by atoms with van der Waals surface area (Å²) in [7, 11) is 0. The van der Waals surface area contributed by atoms with Crippen molar-refractivity contribution in [1.29, 1.82) is 0 Å². The molecule has 0 saturated heterocycles. The second-order valence-electron chi connectivity index (χ2n) is 5.94. The van der Waals surface area contributed by atoms with E-state index in [0.29, 0.717) is 12.4 Å². The van der Waals surface area contributed by atoms with E-state index in [4.69, 9.17) is 9.84 Å². The van der Waals surface area contributed by atoms with Gasteiger partial charge < -0.3 is 14.7 Å². The molecule has 0 aliphatic heterocycles. The van der Waals surface area contributed by atoms with Crippen LogP contribution in [0, 0.1) is 0 Å². The molecule has 0 saturated carbocycles. The zero-order chi connectivity index (χ0) is 18.2. The number of amides is 1. The Hall–Kier alpha value is -2.89. The van der Waals surface area contributed by atoms with Crippen LogP contribution in [0.25, 0.3) is 0 Å². The number of pyridine rings is 1. The maximum Gasteiger partial charge on any atom is 0.323 e. The van der Waals surface area contributed by atoms with Gasteiger partial charge in [-0.3, -0.25) is 14.6 Å². The van der Waals surface area contributed by atoms with Crippen LogP contribution >= 0.6 is 0 Å². The van der Waals surface area contributed by atoms with E-state index in [-0.39, 0.29) is 24.9 Å². The second kappa shape index (κ2) is 8.82. The molecule has 1 aromatic heterocycles. The van der Waals surface area contributed by atoms with Crippen molar-refractivity contribution in [3.63, 3.8) is 0 Å². The van der Waals surface area contributed by atoms with Crippen molar-refractivity contribution < 1.29 is 19.4 Å². The predicted octanol–water partition coefficient (Wildman–Crippen LogP) is 2.52. The van der Waals surface area contributed by atoms with Crippen molar-refractivity contribution in [2.75, 3.05) is 6.54 Å². The van der Waals surface area contributed by atoms with Gasteiger partial charge in [-0.1, -0.05) is 18.2 Å². The summed E-state index contributed by atoms with van der Waals surface area (Å²) in [5.41, 5.74) is 1.65. The fourth-order valence-corrected chi connectivity index (χ4v) is 2.32. The molecule has 1 amide bonds. The second-order valence-corrected chi connectivity index (χ2v) is 5.94. The molecule has 1 heterocycles. The minimum Gasteiger partial charge on any atom is -0.487 e. The molecule has 0 atom stereocenters. The van der Waals surface area contributed by atoms with Crippen molar-refractivity contribution in [2.45, 2.75) is 32.9 Å². The van der Waals surface area contributed by atoms with Gasteiger partial charge in [0.15, 0.2) is 0 Å². The van der Waals surface area contributed by atoms with Crippen molar-refractivity contribution in [3.8, 4) is 5.75 Å². The number of hydrogen-bond acceptors (Lipinski definition) is 4. The molecule has 0 fully saturated rings. The first-order valence-corrected chi connectivity index (χ1v) is 8.08. The Kier molecular flexibility index (Phi) is 6.51. The Morgan fingerprint density at radius 3 is 2.44 bits per heavy atom. The molecule has 0 aliphatic carbocycles. The molecule has 0 unspecified atom stereocenters. The van der Waals surface area contributed by atoms with E-state index < -0.39 is 5.97 Å². The van der Waals surface area contributed by atoms with Gasteiger partial charge in [-0.15, -0.1) is 0 Å². The number of carboxylic acid groups (broad SMARTS) is 1. The number of aliphatic carboxylic acids is 1. The van der Waals surface area contributed by atoms with Crippen LogP contribution in [0.5, 0.6) is 5.75 Å². The van der Waals surface area contributed by atoms with Gasteiger partial charge in [0.05, 0.1) is 12.1 Å². The van der Waals surface area contributed by atoms with Gasteiger partial charge in [0.2, 0.25) is 5.91 Å². The Morgan fingerprint density at radius 1 is 1.16 bits per heavy atom. The first kappa shape index (κ1) is 18.4. The SMILES string of the molecule is CC(C)N(CC(=O)O)C(=O)Cc1ccc(OCc2ccccn2)cc1. The Labute approximate surface area is 147 Å². The molecule has 6 heteroatoms. The molecule has 0 spiro atoms. The van der Waals surface area contributed by atoms with Crippen LogP contribution in [0.1, 0.15) is 25.1 Å². The van der Waals surface area contributed by atoms with E-state index >= 15 is 0 Å². The number of hydrogen-bond donors (Lipinski definition) is 1. The van der Waals surface area contributed by atoms with Crippen molar-refractivity contribution in [1.82, 2.24) is 9.88 Å². The molecule has 6 nitrogen and oxygen atoms in total. The van der Waals surface area contributed by atoms with E-state index in [9.17, 15) is 9.59 Å². The number of aromatic nitrogens is 1. The van der Waals surface area contributed by atoms with Crippen molar-refractivity contribution in [3.05, 3.63) is 59.9 Å². The molecular formula is C19H22N2O4. The fourth-order valence-electron chi connectivity index (χ4n) is 2.32. The molecule has 0 aliphatic rings. The molecule has 2 rings (SSSR count). The number of carboxylic acids is 1. The molecule has 1 aromatic carbocycles. The van der Waals surface area contributed by atoms with Gasteiger partial charge in [0.25, 0.3) is 0 Å². The zero-order valence-electron chi connectivity index (χ0n) is 14.4. The van der Waals surface area contributed by atoms with Crippen LogP contribution in [-0.4, -0.2) is 39.5 Å². The maximum atomic E-state index is 12.3. The summed E-state index contributed by atoms with van der Waals surface area (Å²) < 4.78 is 5.65. The molecular weight excluding hydrogens is 320 g/mol. The molecule has 25 heavy (non-hydrogen) atoms. The Morgan fingerprint density at radius 2 is 1.88 bits per heavy atom. The van der Waals surface area contributed by atoms with Gasteiger partial charge in [-0.2, -0.15) is 0 Å². The third-order valence-electron chi connectivity index (χ3n) is 3.64. The normalized spacial score (nSPS) is 10.5. The maximum absolute atomic E-state index is 12.3. The number of ether oxygens (including phenoxy) is 1. The molecule has 1 N–H and O–H groups in total. The highest BCUT2D eigenvalue weighted by molar-refractivity contribution is 5.83. The Bertz CT molecular complexity index is 699. The van der Waals surface area contributed by atoms with Crippen LogP contribution in [0.4, 0.5) is 0 Å². The predicted molar refractivity (Wildman–Crippen MR) is 93.2 cm³/mol. The first-order chi connectivity index (χ1) is 12.0. The average Bonchev–Trinajstić information content (AvgIpc) is 2.59. The number of benzene rings is 1. The van der Waals surface area contributed by atoms with E-state index in [1.807, 2.05) is 30.3 Å². The smallest absolute Gasteiger partial charge is 0.323 e. The van der Waals surface area contributed by atoms with Crippen LogP contribution in [0.15, 0.2) is 48.7 Å².